The zero-order valence-electron chi connectivity index (χ0n) is 14.3. The van der Waals surface area contributed by atoms with Gasteiger partial charge in [0.2, 0.25) is 5.91 Å². The number of nitrogens with two attached hydrogens (primary N) is 1. The number of thiophene rings is 1. The predicted molar refractivity (Wildman–Crippen MR) is 95.7 cm³/mol. The molecule has 0 radical (unpaired) electrons. The molecule has 0 saturated heterocycles. The van der Waals surface area contributed by atoms with Gasteiger partial charge in [0.05, 0.1) is 17.4 Å². The highest BCUT2D eigenvalue weighted by Crippen LogP contribution is 2.40. The highest BCUT2D eigenvalue weighted by molar-refractivity contribution is 7.17. The van der Waals surface area contributed by atoms with Crippen LogP contribution in [0, 0.1) is 11.8 Å². The summed E-state index contributed by atoms with van der Waals surface area (Å²) < 4.78 is 0. The van der Waals surface area contributed by atoms with E-state index in [1.165, 1.54) is 11.3 Å². The first-order valence-electron chi connectivity index (χ1n) is 8.42. The molecule has 1 aromatic rings. The number of aryl methyl sites for hydroxylation is 1. The number of allylic oxidation sites excluding steroid dienone is 2. The normalized spacial score (nSPS) is 22.6. The van der Waals surface area contributed by atoms with Gasteiger partial charge >= 0.3 is 5.97 Å². The Labute approximate surface area is 150 Å². The fourth-order valence-electron chi connectivity index (χ4n) is 3.79. The summed E-state index contributed by atoms with van der Waals surface area (Å²) in [5.41, 5.74) is 8.95. The Balaban J connectivity index is 1.87. The number of anilines is 1. The fraction of sp³-hybridized carbons (Fsp3) is 0.500. The molecule has 0 fully saturated rings. The van der Waals surface area contributed by atoms with Gasteiger partial charge in [-0.1, -0.05) is 11.1 Å². The van der Waals surface area contributed by atoms with Crippen LogP contribution in [0.15, 0.2) is 11.1 Å². The molecular formula is C18H22N2O4S. The van der Waals surface area contributed by atoms with Gasteiger partial charge in [0.1, 0.15) is 5.00 Å². The number of fused-ring (bicyclic) bond motifs is 1. The molecule has 134 valence electrons. The number of aliphatic carboxylic acids is 1. The van der Waals surface area contributed by atoms with E-state index in [1.807, 2.05) is 13.8 Å². The van der Waals surface area contributed by atoms with E-state index in [0.717, 1.165) is 40.8 Å². The molecule has 0 aromatic carbocycles. The summed E-state index contributed by atoms with van der Waals surface area (Å²) in [7, 11) is 0. The molecule has 6 nitrogen and oxygen atoms in total. The summed E-state index contributed by atoms with van der Waals surface area (Å²) in [6, 6.07) is 0. The highest BCUT2D eigenvalue weighted by Gasteiger charge is 2.38. The third-order valence-corrected chi connectivity index (χ3v) is 6.53. The molecule has 3 rings (SSSR count). The van der Waals surface area contributed by atoms with Gasteiger partial charge in [-0.05, 0) is 51.5 Å². The Bertz CT molecular complexity index is 793. The van der Waals surface area contributed by atoms with Crippen LogP contribution in [-0.2, 0) is 22.4 Å². The number of carboxylic acids is 1. The predicted octanol–water partition coefficient (Wildman–Crippen LogP) is 2.72. The summed E-state index contributed by atoms with van der Waals surface area (Å²) in [5.74, 6) is -3.23. The number of amides is 2. The standard InChI is InChI=1S/C18H22N2O4S/c1-8-6-11(12(18(23)24)7-9(8)2)16(22)20-17-14(15(19)21)10-4-3-5-13(10)25-17/h11-12H,3-7H2,1-2H3,(H2,19,21)(H,20,22)(H,23,24). The number of hydrogen-bond acceptors (Lipinski definition) is 4. The Hall–Kier alpha value is -2.15. The van der Waals surface area contributed by atoms with Gasteiger partial charge in [0.15, 0.2) is 0 Å². The van der Waals surface area contributed by atoms with E-state index in [0.29, 0.717) is 23.4 Å². The van der Waals surface area contributed by atoms with Gasteiger partial charge in [-0.2, -0.15) is 0 Å². The van der Waals surface area contributed by atoms with E-state index in [1.54, 1.807) is 0 Å². The van der Waals surface area contributed by atoms with Crippen molar-refractivity contribution in [3.05, 3.63) is 27.2 Å². The van der Waals surface area contributed by atoms with E-state index in [9.17, 15) is 19.5 Å². The van der Waals surface area contributed by atoms with Crippen LogP contribution in [0.4, 0.5) is 5.00 Å². The van der Waals surface area contributed by atoms with E-state index < -0.39 is 23.7 Å². The number of carbonyl (C=O) groups is 3. The van der Waals surface area contributed by atoms with Crippen molar-refractivity contribution in [2.45, 2.75) is 46.0 Å². The lowest BCUT2D eigenvalue weighted by atomic mass is 9.76. The average molecular weight is 362 g/mol. The quantitative estimate of drug-likeness (QED) is 0.715. The number of nitrogens with one attached hydrogen (secondary N) is 1. The summed E-state index contributed by atoms with van der Waals surface area (Å²) >= 11 is 1.39. The molecule has 0 saturated carbocycles. The largest absolute Gasteiger partial charge is 0.481 e. The minimum Gasteiger partial charge on any atom is -0.481 e. The third kappa shape index (κ3) is 3.20. The van der Waals surface area contributed by atoms with Crippen LogP contribution in [0.1, 0.15) is 53.9 Å². The summed E-state index contributed by atoms with van der Waals surface area (Å²) in [5, 5.41) is 12.8. The molecule has 2 aliphatic rings. The zero-order valence-corrected chi connectivity index (χ0v) is 15.2. The fourth-order valence-corrected chi connectivity index (χ4v) is 5.08. The van der Waals surface area contributed by atoms with Crippen molar-refractivity contribution in [3.8, 4) is 0 Å². The van der Waals surface area contributed by atoms with Gasteiger partial charge < -0.3 is 16.2 Å². The second-order valence-electron chi connectivity index (χ2n) is 6.94. The topological polar surface area (TPSA) is 109 Å². The minimum absolute atomic E-state index is 0.346. The zero-order chi connectivity index (χ0) is 18.3. The summed E-state index contributed by atoms with van der Waals surface area (Å²) in [4.78, 5) is 37.3. The smallest absolute Gasteiger partial charge is 0.307 e. The molecular weight excluding hydrogens is 340 g/mol. The lowest BCUT2D eigenvalue weighted by Crippen LogP contribution is -2.36. The number of carbonyl (C=O) groups excluding carboxylic acids is 2. The molecule has 7 heteroatoms. The first kappa shape index (κ1) is 17.7. The van der Waals surface area contributed by atoms with Crippen molar-refractivity contribution in [3.63, 3.8) is 0 Å². The van der Waals surface area contributed by atoms with Crippen LogP contribution in [0.3, 0.4) is 0 Å². The first-order valence-corrected chi connectivity index (χ1v) is 9.24. The molecule has 1 heterocycles. The maximum atomic E-state index is 12.8. The SMILES string of the molecule is CC1=C(C)CC(C(=O)Nc2sc3c(c2C(N)=O)CCC3)C(C(=O)O)C1. The highest BCUT2D eigenvalue weighted by atomic mass is 32.1. The molecule has 4 N–H and O–H groups in total. The number of rotatable bonds is 4. The monoisotopic (exact) mass is 362 g/mol. The van der Waals surface area contributed by atoms with Crippen LogP contribution in [0.25, 0.3) is 0 Å². The van der Waals surface area contributed by atoms with E-state index in [4.69, 9.17) is 5.73 Å². The molecule has 2 amide bonds. The Kier molecular flexibility index (Phi) is 4.69. The number of carboxylic acid groups (broad SMARTS) is 1. The first-order chi connectivity index (χ1) is 11.8. The van der Waals surface area contributed by atoms with Crippen LogP contribution in [0.2, 0.25) is 0 Å². The molecule has 0 aliphatic heterocycles. The van der Waals surface area contributed by atoms with Crippen molar-refractivity contribution in [1.29, 1.82) is 0 Å². The molecule has 2 aliphatic carbocycles. The van der Waals surface area contributed by atoms with Gasteiger partial charge in [0, 0.05) is 4.88 Å². The maximum Gasteiger partial charge on any atom is 0.307 e. The van der Waals surface area contributed by atoms with Crippen molar-refractivity contribution >= 4 is 34.1 Å². The van der Waals surface area contributed by atoms with Crippen molar-refractivity contribution in [1.82, 2.24) is 0 Å². The Morgan fingerprint density at radius 1 is 1.12 bits per heavy atom. The maximum absolute atomic E-state index is 12.8. The van der Waals surface area contributed by atoms with E-state index in [2.05, 4.69) is 5.32 Å². The third-order valence-electron chi connectivity index (χ3n) is 5.32. The summed E-state index contributed by atoms with van der Waals surface area (Å²) in [6.07, 6.45) is 3.47. The number of primary amides is 1. The van der Waals surface area contributed by atoms with Crippen LogP contribution in [-0.4, -0.2) is 22.9 Å². The second kappa shape index (κ2) is 6.63. The van der Waals surface area contributed by atoms with Gasteiger partial charge in [-0.3, -0.25) is 14.4 Å². The average Bonchev–Trinajstić information content (AvgIpc) is 3.09. The van der Waals surface area contributed by atoms with Crippen molar-refractivity contribution in [2.75, 3.05) is 5.32 Å². The molecule has 1 aromatic heterocycles. The molecule has 25 heavy (non-hydrogen) atoms. The molecule has 0 bridgehead atoms. The molecule has 2 unspecified atom stereocenters. The van der Waals surface area contributed by atoms with Crippen LogP contribution < -0.4 is 11.1 Å². The van der Waals surface area contributed by atoms with Crippen molar-refractivity contribution < 1.29 is 19.5 Å². The van der Waals surface area contributed by atoms with E-state index in [-0.39, 0.29) is 5.91 Å². The van der Waals surface area contributed by atoms with Crippen LogP contribution in [0.5, 0.6) is 0 Å². The van der Waals surface area contributed by atoms with Gasteiger partial charge in [0.25, 0.3) is 5.91 Å². The van der Waals surface area contributed by atoms with E-state index >= 15 is 0 Å². The Morgan fingerprint density at radius 2 is 1.76 bits per heavy atom. The number of hydrogen-bond donors (Lipinski definition) is 3. The van der Waals surface area contributed by atoms with Crippen LogP contribution >= 0.6 is 11.3 Å². The van der Waals surface area contributed by atoms with Crippen molar-refractivity contribution in [2.24, 2.45) is 17.6 Å². The van der Waals surface area contributed by atoms with Gasteiger partial charge in [-0.25, -0.2) is 0 Å². The minimum atomic E-state index is -0.962. The van der Waals surface area contributed by atoms with Gasteiger partial charge in [-0.15, -0.1) is 11.3 Å². The summed E-state index contributed by atoms with van der Waals surface area (Å²) in [6.45, 7) is 3.84. The second-order valence-corrected chi connectivity index (χ2v) is 8.04. The molecule has 2 atom stereocenters. The molecule has 0 spiro atoms. The lowest BCUT2D eigenvalue weighted by molar-refractivity contribution is -0.146. The lowest BCUT2D eigenvalue weighted by Gasteiger charge is -2.29. The Morgan fingerprint density at radius 3 is 2.36 bits per heavy atom.